The number of nitrogens with zero attached hydrogens (tertiary/aromatic N) is 2. The SMILES string of the molecule is CCN(CC)c1cccc(-c2cc(N)on2)c1. The molecule has 2 rings (SSSR count). The fraction of sp³-hybridized carbons (Fsp3) is 0.308. The van der Waals surface area contributed by atoms with E-state index < -0.39 is 0 Å². The highest BCUT2D eigenvalue weighted by Crippen LogP contribution is 2.24. The summed E-state index contributed by atoms with van der Waals surface area (Å²) >= 11 is 0. The summed E-state index contributed by atoms with van der Waals surface area (Å²) in [5.74, 6) is 0.341. The number of hydrogen-bond acceptors (Lipinski definition) is 4. The van der Waals surface area contributed by atoms with E-state index in [9.17, 15) is 0 Å². The van der Waals surface area contributed by atoms with Gasteiger partial charge in [0.25, 0.3) is 0 Å². The topological polar surface area (TPSA) is 55.3 Å². The smallest absolute Gasteiger partial charge is 0.222 e. The van der Waals surface area contributed by atoms with E-state index in [1.165, 1.54) is 5.69 Å². The average molecular weight is 231 g/mol. The number of nitrogen functional groups attached to an aromatic ring is 1. The number of anilines is 2. The molecule has 0 unspecified atom stereocenters. The van der Waals surface area contributed by atoms with E-state index in [2.05, 4.69) is 36.0 Å². The van der Waals surface area contributed by atoms with Crippen molar-refractivity contribution in [3.05, 3.63) is 30.3 Å². The maximum atomic E-state index is 5.53. The van der Waals surface area contributed by atoms with Crippen LogP contribution in [-0.4, -0.2) is 18.2 Å². The van der Waals surface area contributed by atoms with Crippen molar-refractivity contribution in [2.24, 2.45) is 0 Å². The lowest BCUT2D eigenvalue weighted by Crippen LogP contribution is -2.21. The second-order valence-electron chi connectivity index (χ2n) is 3.84. The van der Waals surface area contributed by atoms with Gasteiger partial charge in [-0.25, -0.2) is 0 Å². The monoisotopic (exact) mass is 231 g/mol. The molecule has 0 spiro atoms. The van der Waals surface area contributed by atoms with Crippen LogP contribution in [0.2, 0.25) is 0 Å². The van der Waals surface area contributed by atoms with Gasteiger partial charge in [-0.2, -0.15) is 0 Å². The van der Waals surface area contributed by atoms with Crippen LogP contribution in [0.15, 0.2) is 34.9 Å². The van der Waals surface area contributed by atoms with Gasteiger partial charge in [-0.3, -0.25) is 0 Å². The number of aromatic nitrogens is 1. The van der Waals surface area contributed by atoms with E-state index in [0.717, 1.165) is 24.3 Å². The third-order valence-electron chi connectivity index (χ3n) is 2.80. The van der Waals surface area contributed by atoms with E-state index in [1.807, 2.05) is 12.1 Å². The summed E-state index contributed by atoms with van der Waals surface area (Å²) in [7, 11) is 0. The highest BCUT2D eigenvalue weighted by molar-refractivity contribution is 5.66. The average Bonchev–Trinajstić information content (AvgIpc) is 2.78. The van der Waals surface area contributed by atoms with E-state index >= 15 is 0 Å². The van der Waals surface area contributed by atoms with Gasteiger partial charge in [-0.15, -0.1) is 0 Å². The third-order valence-corrected chi connectivity index (χ3v) is 2.80. The van der Waals surface area contributed by atoms with Gasteiger partial charge in [-0.1, -0.05) is 17.3 Å². The Hall–Kier alpha value is -1.97. The zero-order chi connectivity index (χ0) is 12.3. The predicted molar refractivity (Wildman–Crippen MR) is 69.9 cm³/mol. The first kappa shape index (κ1) is 11.5. The molecule has 2 aromatic rings. The lowest BCUT2D eigenvalue weighted by Gasteiger charge is -2.21. The molecule has 0 amide bonds. The normalized spacial score (nSPS) is 10.5. The van der Waals surface area contributed by atoms with Gasteiger partial charge in [0.05, 0.1) is 0 Å². The van der Waals surface area contributed by atoms with E-state index in [4.69, 9.17) is 10.3 Å². The lowest BCUT2D eigenvalue weighted by atomic mass is 10.1. The Labute approximate surface area is 101 Å². The Morgan fingerprint density at radius 1 is 1.24 bits per heavy atom. The van der Waals surface area contributed by atoms with Crippen molar-refractivity contribution in [3.63, 3.8) is 0 Å². The van der Waals surface area contributed by atoms with Crippen molar-refractivity contribution in [1.82, 2.24) is 5.16 Å². The second-order valence-corrected chi connectivity index (χ2v) is 3.84. The minimum Gasteiger partial charge on any atom is -0.372 e. The summed E-state index contributed by atoms with van der Waals surface area (Å²) in [4.78, 5) is 2.28. The second kappa shape index (κ2) is 4.91. The highest BCUT2D eigenvalue weighted by Gasteiger charge is 2.07. The molecule has 0 fully saturated rings. The number of rotatable bonds is 4. The number of hydrogen-bond donors (Lipinski definition) is 1. The standard InChI is InChI=1S/C13H17N3O/c1-3-16(4-2)11-7-5-6-10(8-11)12-9-13(14)17-15-12/h5-9H,3-4,14H2,1-2H3. The number of benzene rings is 1. The van der Waals surface area contributed by atoms with Crippen molar-refractivity contribution >= 4 is 11.6 Å². The van der Waals surface area contributed by atoms with Crippen molar-refractivity contribution < 1.29 is 4.52 Å². The van der Waals surface area contributed by atoms with Gasteiger partial charge in [0, 0.05) is 30.4 Å². The van der Waals surface area contributed by atoms with Crippen LogP contribution in [0, 0.1) is 0 Å². The molecule has 1 heterocycles. The summed E-state index contributed by atoms with van der Waals surface area (Å²) in [6.07, 6.45) is 0. The molecule has 0 aliphatic carbocycles. The molecule has 4 nitrogen and oxygen atoms in total. The molecule has 90 valence electrons. The van der Waals surface area contributed by atoms with Crippen LogP contribution in [-0.2, 0) is 0 Å². The highest BCUT2D eigenvalue weighted by atomic mass is 16.5. The maximum Gasteiger partial charge on any atom is 0.222 e. The zero-order valence-electron chi connectivity index (χ0n) is 10.2. The lowest BCUT2D eigenvalue weighted by molar-refractivity contribution is 0.439. The first-order valence-electron chi connectivity index (χ1n) is 5.82. The summed E-state index contributed by atoms with van der Waals surface area (Å²) in [6, 6.07) is 9.96. The van der Waals surface area contributed by atoms with Crippen LogP contribution in [0.3, 0.4) is 0 Å². The molecule has 0 atom stereocenters. The molecule has 2 N–H and O–H groups in total. The van der Waals surface area contributed by atoms with E-state index in [-0.39, 0.29) is 0 Å². The van der Waals surface area contributed by atoms with Crippen molar-refractivity contribution in [2.75, 3.05) is 23.7 Å². The van der Waals surface area contributed by atoms with Gasteiger partial charge in [0.2, 0.25) is 5.88 Å². The van der Waals surface area contributed by atoms with Crippen molar-refractivity contribution in [1.29, 1.82) is 0 Å². The summed E-state index contributed by atoms with van der Waals surface area (Å²) in [5.41, 5.74) is 8.51. The Kier molecular flexibility index (Phi) is 3.32. The van der Waals surface area contributed by atoms with Gasteiger partial charge >= 0.3 is 0 Å². The van der Waals surface area contributed by atoms with Gasteiger partial charge in [0.1, 0.15) is 5.69 Å². The van der Waals surface area contributed by atoms with Crippen molar-refractivity contribution in [3.8, 4) is 11.3 Å². The van der Waals surface area contributed by atoms with Crippen LogP contribution in [0.4, 0.5) is 11.6 Å². The third kappa shape index (κ3) is 2.41. The predicted octanol–water partition coefficient (Wildman–Crippen LogP) is 2.77. The molecule has 1 aromatic carbocycles. The molecule has 0 aliphatic rings. The minimum absolute atomic E-state index is 0.341. The van der Waals surface area contributed by atoms with Crippen molar-refractivity contribution in [2.45, 2.75) is 13.8 Å². The van der Waals surface area contributed by atoms with Gasteiger partial charge in [0.15, 0.2) is 0 Å². The minimum atomic E-state index is 0.341. The quantitative estimate of drug-likeness (QED) is 0.879. The molecule has 0 saturated heterocycles. The van der Waals surface area contributed by atoms with E-state index in [0.29, 0.717) is 5.88 Å². The van der Waals surface area contributed by atoms with Crippen LogP contribution >= 0.6 is 0 Å². The fourth-order valence-corrected chi connectivity index (χ4v) is 1.88. The Morgan fingerprint density at radius 2 is 2.00 bits per heavy atom. The zero-order valence-corrected chi connectivity index (χ0v) is 10.2. The summed E-state index contributed by atoms with van der Waals surface area (Å²) < 4.78 is 4.89. The van der Waals surface area contributed by atoms with Crippen LogP contribution < -0.4 is 10.6 Å². The van der Waals surface area contributed by atoms with Gasteiger partial charge < -0.3 is 15.2 Å². The molecular weight excluding hydrogens is 214 g/mol. The fourth-order valence-electron chi connectivity index (χ4n) is 1.88. The number of nitrogens with two attached hydrogens (primary N) is 1. The van der Waals surface area contributed by atoms with Gasteiger partial charge in [-0.05, 0) is 26.0 Å². The largest absolute Gasteiger partial charge is 0.372 e. The summed E-state index contributed by atoms with van der Waals surface area (Å²) in [5, 5.41) is 3.92. The van der Waals surface area contributed by atoms with Crippen LogP contribution in [0.1, 0.15) is 13.8 Å². The molecule has 17 heavy (non-hydrogen) atoms. The van der Waals surface area contributed by atoms with E-state index in [1.54, 1.807) is 6.07 Å². The Bertz CT molecular complexity index is 489. The first-order chi connectivity index (χ1) is 8.24. The molecule has 4 heteroatoms. The maximum absolute atomic E-state index is 5.53. The Balaban J connectivity index is 2.34. The molecule has 1 aromatic heterocycles. The molecule has 0 aliphatic heterocycles. The molecule has 0 radical (unpaired) electrons. The first-order valence-corrected chi connectivity index (χ1v) is 5.82. The molecular formula is C13H17N3O. The van der Waals surface area contributed by atoms with Crippen LogP contribution in [0.25, 0.3) is 11.3 Å². The molecule has 0 bridgehead atoms. The summed E-state index contributed by atoms with van der Waals surface area (Å²) in [6.45, 7) is 6.26. The van der Waals surface area contributed by atoms with Crippen LogP contribution in [0.5, 0.6) is 0 Å². The molecule has 0 saturated carbocycles. The Morgan fingerprint density at radius 3 is 2.59 bits per heavy atom.